The fourth-order valence-corrected chi connectivity index (χ4v) is 2.31. The molecule has 1 aromatic carbocycles. The second-order valence-corrected chi connectivity index (χ2v) is 6.21. The van der Waals surface area contributed by atoms with E-state index >= 15 is 0 Å². The van der Waals surface area contributed by atoms with Gasteiger partial charge in [0.1, 0.15) is 5.76 Å². The molecule has 1 atom stereocenters. The highest BCUT2D eigenvalue weighted by molar-refractivity contribution is 5.96. The molecule has 1 amide bonds. The molecule has 2 rings (SSSR count). The first-order valence-electron chi connectivity index (χ1n) is 9.45. The predicted octanol–water partition coefficient (Wildman–Crippen LogP) is 3.75. The first kappa shape index (κ1) is 22.0. The number of hydrogen-bond donors (Lipinski definition) is 1. The van der Waals surface area contributed by atoms with Crippen molar-refractivity contribution >= 4 is 23.8 Å². The van der Waals surface area contributed by atoms with Gasteiger partial charge in [-0.1, -0.05) is 18.1 Å². The van der Waals surface area contributed by atoms with Gasteiger partial charge in [0.15, 0.2) is 23.4 Å². The van der Waals surface area contributed by atoms with Crippen LogP contribution in [0.4, 0.5) is 5.82 Å². The number of nitrogens with one attached hydrogen (secondary N) is 1. The molecule has 29 heavy (non-hydrogen) atoms. The Morgan fingerprint density at radius 3 is 2.66 bits per heavy atom. The number of benzene rings is 1. The van der Waals surface area contributed by atoms with Gasteiger partial charge in [-0.05, 0) is 51.0 Å². The van der Waals surface area contributed by atoms with Crippen molar-refractivity contribution < 1.29 is 28.3 Å². The first-order chi connectivity index (χ1) is 13.9. The van der Waals surface area contributed by atoms with Crippen LogP contribution in [0.2, 0.25) is 0 Å². The summed E-state index contributed by atoms with van der Waals surface area (Å²) in [7, 11) is 0. The lowest BCUT2D eigenvalue weighted by Gasteiger charge is -2.12. The molecule has 1 heterocycles. The third-order valence-electron chi connectivity index (χ3n) is 3.68. The zero-order chi connectivity index (χ0) is 21.2. The third kappa shape index (κ3) is 6.99. The smallest absolute Gasteiger partial charge is 0.331 e. The van der Waals surface area contributed by atoms with Gasteiger partial charge in [0.25, 0.3) is 5.91 Å². The summed E-state index contributed by atoms with van der Waals surface area (Å²) >= 11 is 0. The van der Waals surface area contributed by atoms with E-state index in [0.29, 0.717) is 30.5 Å². The van der Waals surface area contributed by atoms with Crippen molar-refractivity contribution in [2.24, 2.45) is 0 Å². The molecule has 8 heteroatoms. The van der Waals surface area contributed by atoms with E-state index in [4.69, 9.17) is 18.7 Å². The quantitative estimate of drug-likeness (QED) is 0.477. The number of aryl methyl sites for hydroxylation is 1. The molecule has 0 saturated heterocycles. The highest BCUT2D eigenvalue weighted by Crippen LogP contribution is 2.29. The van der Waals surface area contributed by atoms with Crippen LogP contribution in [0.5, 0.6) is 11.5 Å². The van der Waals surface area contributed by atoms with E-state index in [0.717, 1.165) is 12.0 Å². The van der Waals surface area contributed by atoms with E-state index in [1.807, 2.05) is 13.8 Å². The van der Waals surface area contributed by atoms with E-state index in [9.17, 15) is 9.59 Å². The summed E-state index contributed by atoms with van der Waals surface area (Å²) in [5, 5.41) is 6.17. The molecule has 0 spiro atoms. The van der Waals surface area contributed by atoms with Crippen LogP contribution in [0.15, 0.2) is 34.9 Å². The largest absolute Gasteiger partial charge is 0.490 e. The van der Waals surface area contributed by atoms with E-state index in [1.165, 1.54) is 13.0 Å². The van der Waals surface area contributed by atoms with Crippen LogP contribution in [-0.4, -0.2) is 36.4 Å². The standard InChI is InChI=1S/C21H26N2O6/c1-5-11-27-17-9-7-16(13-18(17)26-6-2)8-10-20(24)28-15(4)21(25)22-19-12-14(3)29-23-19/h7-10,12-13,15H,5-6,11H2,1-4H3,(H,22,23,25)/b10-8+. The highest BCUT2D eigenvalue weighted by atomic mass is 16.5. The molecule has 1 aromatic heterocycles. The predicted molar refractivity (Wildman–Crippen MR) is 108 cm³/mol. The first-order valence-corrected chi connectivity index (χ1v) is 9.45. The maximum absolute atomic E-state index is 12.0. The normalized spacial score (nSPS) is 11.9. The van der Waals surface area contributed by atoms with Gasteiger partial charge < -0.3 is 24.1 Å². The maximum atomic E-state index is 12.0. The summed E-state index contributed by atoms with van der Waals surface area (Å²) in [4.78, 5) is 24.1. The van der Waals surface area contributed by atoms with Crippen LogP contribution in [0.1, 0.15) is 38.5 Å². The second kappa shape index (κ2) is 10.9. The van der Waals surface area contributed by atoms with Crippen LogP contribution in [0, 0.1) is 6.92 Å². The third-order valence-corrected chi connectivity index (χ3v) is 3.68. The van der Waals surface area contributed by atoms with Crippen LogP contribution < -0.4 is 14.8 Å². The van der Waals surface area contributed by atoms with Crippen molar-refractivity contribution in [2.45, 2.75) is 40.2 Å². The molecule has 0 saturated carbocycles. The lowest BCUT2D eigenvalue weighted by molar-refractivity contribution is -0.148. The van der Waals surface area contributed by atoms with E-state index in [1.54, 1.807) is 37.3 Å². The van der Waals surface area contributed by atoms with Crippen molar-refractivity contribution in [1.29, 1.82) is 0 Å². The Balaban J connectivity index is 1.94. The van der Waals surface area contributed by atoms with Crippen molar-refractivity contribution in [3.63, 3.8) is 0 Å². The minimum Gasteiger partial charge on any atom is -0.490 e. The van der Waals surface area contributed by atoms with Crippen LogP contribution in [0.25, 0.3) is 6.08 Å². The van der Waals surface area contributed by atoms with Gasteiger partial charge in [0, 0.05) is 12.1 Å². The van der Waals surface area contributed by atoms with E-state index < -0.39 is 18.0 Å². The molecule has 0 radical (unpaired) electrons. The van der Waals surface area contributed by atoms with Crippen LogP contribution in [0.3, 0.4) is 0 Å². The average Bonchev–Trinajstić information content (AvgIpc) is 3.10. The Bertz CT molecular complexity index is 859. The zero-order valence-corrected chi connectivity index (χ0v) is 17.1. The Morgan fingerprint density at radius 1 is 1.21 bits per heavy atom. The van der Waals surface area contributed by atoms with Gasteiger partial charge in [0.05, 0.1) is 13.2 Å². The second-order valence-electron chi connectivity index (χ2n) is 6.21. The molecule has 0 aliphatic carbocycles. The summed E-state index contributed by atoms with van der Waals surface area (Å²) in [5.41, 5.74) is 0.740. The molecule has 0 aliphatic heterocycles. The number of ether oxygens (including phenoxy) is 3. The van der Waals surface area contributed by atoms with Gasteiger partial charge >= 0.3 is 5.97 Å². The number of carbonyl (C=O) groups is 2. The van der Waals surface area contributed by atoms with Crippen LogP contribution in [-0.2, 0) is 14.3 Å². The SMILES string of the molecule is CCCOc1ccc(/C=C/C(=O)OC(C)C(=O)Nc2cc(C)on2)cc1OCC. The van der Waals surface area contributed by atoms with Gasteiger partial charge in [-0.25, -0.2) is 4.79 Å². The van der Waals surface area contributed by atoms with Crippen LogP contribution >= 0.6 is 0 Å². The van der Waals surface area contributed by atoms with Crippen molar-refractivity contribution in [3.05, 3.63) is 41.7 Å². The molecule has 0 fully saturated rings. The summed E-state index contributed by atoms with van der Waals surface area (Å²) in [6, 6.07) is 6.94. The Hall–Kier alpha value is -3.29. The number of nitrogens with zero attached hydrogens (tertiary/aromatic N) is 1. The summed E-state index contributed by atoms with van der Waals surface area (Å²) in [6.07, 6.45) is 2.73. The van der Waals surface area contributed by atoms with Crippen molar-refractivity contribution in [3.8, 4) is 11.5 Å². The molecule has 8 nitrogen and oxygen atoms in total. The van der Waals surface area contributed by atoms with Gasteiger partial charge in [-0.15, -0.1) is 0 Å². The summed E-state index contributed by atoms with van der Waals surface area (Å²) in [6.45, 7) is 8.18. The van der Waals surface area contributed by atoms with Gasteiger partial charge in [0.2, 0.25) is 0 Å². The lowest BCUT2D eigenvalue weighted by atomic mass is 10.2. The number of aromatic nitrogens is 1. The molecule has 1 unspecified atom stereocenters. The molecule has 156 valence electrons. The Morgan fingerprint density at radius 2 is 2.00 bits per heavy atom. The number of carbonyl (C=O) groups excluding carboxylic acids is 2. The topological polar surface area (TPSA) is 99.9 Å². The minimum atomic E-state index is -0.993. The molecular formula is C21H26N2O6. The monoisotopic (exact) mass is 402 g/mol. The van der Waals surface area contributed by atoms with Gasteiger partial charge in [-0.2, -0.15) is 0 Å². The molecule has 0 bridgehead atoms. The number of esters is 1. The number of hydrogen-bond acceptors (Lipinski definition) is 7. The van der Waals surface area contributed by atoms with E-state index in [2.05, 4.69) is 10.5 Å². The number of anilines is 1. The fourth-order valence-electron chi connectivity index (χ4n) is 2.31. The van der Waals surface area contributed by atoms with Gasteiger partial charge in [-0.3, -0.25) is 4.79 Å². The van der Waals surface area contributed by atoms with E-state index in [-0.39, 0.29) is 5.82 Å². The fraction of sp³-hybridized carbons (Fsp3) is 0.381. The summed E-state index contributed by atoms with van der Waals surface area (Å²) in [5.74, 6) is 0.934. The maximum Gasteiger partial charge on any atom is 0.331 e. The van der Waals surface area contributed by atoms with Crippen molar-refractivity contribution in [1.82, 2.24) is 5.16 Å². The minimum absolute atomic E-state index is 0.264. The Labute approximate surface area is 169 Å². The summed E-state index contributed by atoms with van der Waals surface area (Å²) < 4.78 is 21.2. The Kier molecular flexibility index (Phi) is 8.27. The zero-order valence-electron chi connectivity index (χ0n) is 17.1. The van der Waals surface area contributed by atoms with Crippen molar-refractivity contribution in [2.75, 3.05) is 18.5 Å². The molecule has 2 aromatic rings. The lowest BCUT2D eigenvalue weighted by Crippen LogP contribution is -2.29. The molecule has 0 aliphatic rings. The average molecular weight is 402 g/mol. The number of amides is 1. The number of rotatable bonds is 10. The molecule has 1 N–H and O–H groups in total. The highest BCUT2D eigenvalue weighted by Gasteiger charge is 2.18. The molecular weight excluding hydrogens is 376 g/mol.